The second-order valence-electron chi connectivity index (χ2n) is 5.27. The van der Waals surface area contributed by atoms with Gasteiger partial charge in [0.15, 0.2) is 5.16 Å². The first-order valence-corrected chi connectivity index (χ1v) is 8.16. The predicted octanol–water partition coefficient (Wildman–Crippen LogP) is 1.46. The van der Waals surface area contributed by atoms with Crippen LogP contribution in [-0.2, 0) is 0 Å². The number of aromatic nitrogens is 2. The highest BCUT2D eigenvalue weighted by Crippen LogP contribution is 2.25. The summed E-state index contributed by atoms with van der Waals surface area (Å²) >= 11 is 1.55. The molecule has 0 spiro atoms. The number of rotatable bonds is 2. The highest BCUT2D eigenvalue weighted by Gasteiger charge is 2.29. The van der Waals surface area contributed by atoms with Gasteiger partial charge in [0.25, 0.3) is 0 Å². The van der Waals surface area contributed by atoms with Crippen molar-refractivity contribution in [3.05, 3.63) is 6.07 Å². The van der Waals surface area contributed by atoms with Gasteiger partial charge in [0.2, 0.25) is 0 Å². The van der Waals surface area contributed by atoms with Crippen molar-refractivity contribution >= 4 is 23.4 Å². The molecule has 19 heavy (non-hydrogen) atoms. The minimum absolute atomic E-state index is 0.571. The molecule has 2 N–H and O–H groups in total. The zero-order valence-electron chi connectivity index (χ0n) is 11.4. The van der Waals surface area contributed by atoms with Crippen molar-refractivity contribution in [2.24, 2.45) is 0 Å². The summed E-state index contributed by atoms with van der Waals surface area (Å²) in [7, 11) is 0. The molecular formula is C13H21N5S. The third-order valence-corrected chi connectivity index (χ3v) is 4.57. The molecule has 2 aliphatic rings. The topological polar surface area (TPSA) is 58.3 Å². The van der Waals surface area contributed by atoms with Crippen LogP contribution in [0.25, 0.3) is 0 Å². The third kappa shape index (κ3) is 2.79. The molecule has 1 aromatic rings. The van der Waals surface area contributed by atoms with Gasteiger partial charge in [-0.15, -0.1) is 0 Å². The summed E-state index contributed by atoms with van der Waals surface area (Å²) in [5.74, 6) is 1.56. The zero-order valence-corrected chi connectivity index (χ0v) is 12.2. The van der Waals surface area contributed by atoms with E-state index in [4.69, 9.17) is 5.73 Å². The molecule has 0 aliphatic carbocycles. The van der Waals surface area contributed by atoms with Gasteiger partial charge in [0.1, 0.15) is 11.6 Å². The lowest BCUT2D eigenvalue weighted by molar-refractivity contribution is 0.273. The lowest BCUT2D eigenvalue weighted by Gasteiger charge is -2.26. The predicted molar refractivity (Wildman–Crippen MR) is 79.7 cm³/mol. The number of nitrogen functional groups attached to an aromatic ring is 1. The van der Waals surface area contributed by atoms with Crippen LogP contribution in [-0.4, -0.2) is 53.3 Å². The van der Waals surface area contributed by atoms with E-state index in [9.17, 15) is 0 Å². The van der Waals surface area contributed by atoms with Gasteiger partial charge in [-0.05, 0) is 32.1 Å². The highest BCUT2D eigenvalue weighted by atomic mass is 32.2. The summed E-state index contributed by atoms with van der Waals surface area (Å²) in [6.45, 7) is 4.62. The van der Waals surface area contributed by atoms with E-state index >= 15 is 0 Å². The van der Waals surface area contributed by atoms with Crippen LogP contribution >= 0.6 is 11.8 Å². The summed E-state index contributed by atoms with van der Waals surface area (Å²) < 4.78 is 0. The second-order valence-corrected chi connectivity index (χ2v) is 6.04. The summed E-state index contributed by atoms with van der Waals surface area (Å²) in [5, 5.41) is 0.766. The van der Waals surface area contributed by atoms with Crippen molar-refractivity contribution in [3.8, 4) is 0 Å². The minimum Gasteiger partial charge on any atom is -0.383 e. The zero-order chi connectivity index (χ0) is 13.2. The number of anilines is 2. The van der Waals surface area contributed by atoms with Crippen molar-refractivity contribution < 1.29 is 0 Å². The van der Waals surface area contributed by atoms with E-state index in [1.54, 1.807) is 11.8 Å². The number of nitrogens with zero attached hydrogens (tertiary/aromatic N) is 4. The van der Waals surface area contributed by atoms with E-state index in [-0.39, 0.29) is 0 Å². The summed E-state index contributed by atoms with van der Waals surface area (Å²) in [4.78, 5) is 13.8. The van der Waals surface area contributed by atoms with E-state index in [2.05, 4.69) is 19.8 Å². The molecule has 2 saturated heterocycles. The molecular weight excluding hydrogens is 258 g/mol. The molecule has 1 aromatic heterocycles. The van der Waals surface area contributed by atoms with Gasteiger partial charge in [0.05, 0.1) is 0 Å². The Morgan fingerprint density at radius 2 is 2.11 bits per heavy atom. The van der Waals surface area contributed by atoms with Crippen LogP contribution in [0.1, 0.15) is 19.3 Å². The molecule has 104 valence electrons. The van der Waals surface area contributed by atoms with Crippen molar-refractivity contribution in [2.45, 2.75) is 30.5 Å². The molecule has 3 rings (SSSR count). The fraction of sp³-hybridized carbons (Fsp3) is 0.692. The molecule has 3 heterocycles. The molecule has 5 nitrogen and oxygen atoms in total. The standard InChI is InChI=1S/C13H21N5S/c1-19-13-15-11(14)8-12(16-13)18-7-3-6-17-5-2-4-10(17)9-18/h8,10H,2-7,9H2,1H3,(H2,14,15,16). The quantitative estimate of drug-likeness (QED) is 0.653. The number of nitrogens with two attached hydrogens (primary N) is 1. The Bertz CT molecular complexity index is 453. The third-order valence-electron chi connectivity index (χ3n) is 4.02. The van der Waals surface area contributed by atoms with E-state index in [0.29, 0.717) is 11.9 Å². The average molecular weight is 279 g/mol. The second kappa shape index (κ2) is 5.54. The highest BCUT2D eigenvalue weighted by molar-refractivity contribution is 7.98. The Morgan fingerprint density at radius 1 is 1.26 bits per heavy atom. The van der Waals surface area contributed by atoms with Gasteiger partial charge in [-0.3, -0.25) is 4.90 Å². The maximum atomic E-state index is 5.89. The van der Waals surface area contributed by atoms with Gasteiger partial charge >= 0.3 is 0 Å². The number of hydrogen-bond acceptors (Lipinski definition) is 6. The Hall–Kier alpha value is -1.01. The molecule has 2 fully saturated rings. The summed E-state index contributed by atoms with van der Waals surface area (Å²) in [6, 6.07) is 2.60. The Morgan fingerprint density at radius 3 is 2.95 bits per heavy atom. The van der Waals surface area contributed by atoms with Crippen LogP contribution in [0.5, 0.6) is 0 Å². The van der Waals surface area contributed by atoms with Crippen molar-refractivity contribution in [1.29, 1.82) is 0 Å². The van der Waals surface area contributed by atoms with Gasteiger partial charge in [0, 0.05) is 31.7 Å². The first kappa shape index (κ1) is 13.0. The van der Waals surface area contributed by atoms with E-state index in [1.165, 1.54) is 32.4 Å². The van der Waals surface area contributed by atoms with Crippen LogP contribution < -0.4 is 10.6 Å². The number of fused-ring (bicyclic) bond motifs is 1. The van der Waals surface area contributed by atoms with E-state index in [0.717, 1.165) is 24.1 Å². The fourth-order valence-electron chi connectivity index (χ4n) is 3.10. The Balaban J connectivity index is 1.82. The molecule has 1 atom stereocenters. The maximum Gasteiger partial charge on any atom is 0.191 e. The average Bonchev–Trinajstić information content (AvgIpc) is 2.75. The SMILES string of the molecule is CSc1nc(N)cc(N2CCCN3CCCC3C2)n1. The fourth-order valence-corrected chi connectivity index (χ4v) is 3.48. The lowest BCUT2D eigenvalue weighted by atomic mass is 10.2. The Kier molecular flexibility index (Phi) is 3.79. The van der Waals surface area contributed by atoms with Gasteiger partial charge in [-0.25, -0.2) is 9.97 Å². The molecule has 1 unspecified atom stereocenters. The van der Waals surface area contributed by atoms with Crippen LogP contribution in [0, 0.1) is 0 Å². The monoisotopic (exact) mass is 279 g/mol. The van der Waals surface area contributed by atoms with Crippen LogP contribution in [0.4, 0.5) is 11.6 Å². The molecule has 2 aliphatic heterocycles. The molecule has 6 heteroatoms. The van der Waals surface area contributed by atoms with E-state index < -0.39 is 0 Å². The van der Waals surface area contributed by atoms with Crippen molar-refractivity contribution in [2.75, 3.05) is 43.1 Å². The van der Waals surface area contributed by atoms with Gasteiger partial charge in [-0.1, -0.05) is 11.8 Å². The molecule has 0 bridgehead atoms. The summed E-state index contributed by atoms with van der Waals surface area (Å²) in [5.41, 5.74) is 5.89. The van der Waals surface area contributed by atoms with Gasteiger partial charge < -0.3 is 10.6 Å². The van der Waals surface area contributed by atoms with Crippen LogP contribution in [0.3, 0.4) is 0 Å². The number of hydrogen-bond donors (Lipinski definition) is 1. The largest absolute Gasteiger partial charge is 0.383 e. The van der Waals surface area contributed by atoms with Gasteiger partial charge in [-0.2, -0.15) is 0 Å². The van der Waals surface area contributed by atoms with Crippen molar-refractivity contribution in [3.63, 3.8) is 0 Å². The molecule has 0 radical (unpaired) electrons. The van der Waals surface area contributed by atoms with Crippen LogP contribution in [0.2, 0.25) is 0 Å². The number of thioether (sulfide) groups is 1. The molecule has 0 aromatic carbocycles. The molecule has 0 saturated carbocycles. The summed E-state index contributed by atoms with van der Waals surface area (Å²) in [6.07, 6.45) is 5.83. The normalized spacial score (nSPS) is 24.3. The van der Waals surface area contributed by atoms with E-state index in [1.807, 2.05) is 12.3 Å². The smallest absolute Gasteiger partial charge is 0.191 e. The first-order valence-electron chi connectivity index (χ1n) is 6.94. The molecule has 0 amide bonds. The Labute approximate surface area is 118 Å². The lowest BCUT2D eigenvalue weighted by Crippen LogP contribution is -2.37. The minimum atomic E-state index is 0.571. The first-order chi connectivity index (χ1) is 9.26. The van der Waals surface area contributed by atoms with Crippen molar-refractivity contribution in [1.82, 2.24) is 14.9 Å². The maximum absolute atomic E-state index is 5.89. The van der Waals surface area contributed by atoms with Crippen LogP contribution in [0.15, 0.2) is 11.2 Å².